The van der Waals surface area contributed by atoms with E-state index < -0.39 is 0 Å². The second-order valence-corrected chi connectivity index (χ2v) is 5.87. The SMILES string of the molecule is Cc1cc(C)c(OCCOc2ccc(CNCC=O)cc2)c(C)c1. The Morgan fingerprint density at radius 2 is 1.58 bits per heavy atom. The van der Waals surface area contributed by atoms with Crippen LogP contribution in [0.3, 0.4) is 0 Å². The number of aldehydes is 1. The molecule has 24 heavy (non-hydrogen) atoms. The van der Waals surface area contributed by atoms with Gasteiger partial charge in [-0.3, -0.25) is 0 Å². The molecule has 128 valence electrons. The highest BCUT2D eigenvalue weighted by atomic mass is 16.5. The van der Waals surface area contributed by atoms with Crippen LogP contribution in [0, 0.1) is 20.8 Å². The van der Waals surface area contributed by atoms with Gasteiger partial charge in [0.1, 0.15) is 31.0 Å². The molecule has 0 aliphatic heterocycles. The number of ether oxygens (including phenoxy) is 2. The molecule has 4 heteroatoms. The molecular formula is C20H25NO3. The molecule has 0 atom stereocenters. The molecule has 0 saturated heterocycles. The summed E-state index contributed by atoms with van der Waals surface area (Å²) >= 11 is 0. The summed E-state index contributed by atoms with van der Waals surface area (Å²) in [4.78, 5) is 10.3. The molecule has 2 aromatic rings. The first-order valence-corrected chi connectivity index (χ1v) is 8.17. The predicted octanol–water partition coefficient (Wildman–Crippen LogP) is 3.36. The number of carbonyl (C=O) groups is 1. The predicted molar refractivity (Wildman–Crippen MR) is 95.9 cm³/mol. The second-order valence-electron chi connectivity index (χ2n) is 5.87. The van der Waals surface area contributed by atoms with Gasteiger partial charge in [0.15, 0.2) is 0 Å². The monoisotopic (exact) mass is 327 g/mol. The van der Waals surface area contributed by atoms with E-state index in [4.69, 9.17) is 9.47 Å². The minimum Gasteiger partial charge on any atom is -0.490 e. The fraction of sp³-hybridized carbons (Fsp3) is 0.350. The molecule has 0 aromatic heterocycles. The topological polar surface area (TPSA) is 47.6 Å². The zero-order valence-electron chi connectivity index (χ0n) is 14.6. The highest BCUT2D eigenvalue weighted by molar-refractivity contribution is 5.51. The summed E-state index contributed by atoms with van der Waals surface area (Å²) in [5.74, 6) is 1.76. The molecule has 0 unspecified atom stereocenters. The molecule has 0 heterocycles. The number of aryl methyl sites for hydroxylation is 3. The van der Waals surface area contributed by atoms with Gasteiger partial charge >= 0.3 is 0 Å². The number of benzene rings is 2. The summed E-state index contributed by atoms with van der Waals surface area (Å²) in [5.41, 5.74) is 4.67. The van der Waals surface area contributed by atoms with E-state index in [1.165, 1.54) is 5.56 Å². The van der Waals surface area contributed by atoms with Crippen molar-refractivity contribution < 1.29 is 14.3 Å². The lowest BCUT2D eigenvalue weighted by atomic mass is 10.1. The van der Waals surface area contributed by atoms with Crippen LogP contribution in [0.1, 0.15) is 22.3 Å². The van der Waals surface area contributed by atoms with E-state index in [9.17, 15) is 4.79 Å². The van der Waals surface area contributed by atoms with Gasteiger partial charge in [-0.15, -0.1) is 0 Å². The van der Waals surface area contributed by atoms with Crippen LogP contribution in [0.5, 0.6) is 11.5 Å². The smallest absolute Gasteiger partial charge is 0.133 e. The fourth-order valence-corrected chi connectivity index (χ4v) is 2.68. The average Bonchev–Trinajstić information content (AvgIpc) is 2.55. The van der Waals surface area contributed by atoms with Crippen molar-refractivity contribution in [2.75, 3.05) is 19.8 Å². The van der Waals surface area contributed by atoms with Crippen molar-refractivity contribution in [1.82, 2.24) is 5.32 Å². The number of hydrogen-bond acceptors (Lipinski definition) is 4. The molecule has 0 spiro atoms. The van der Waals surface area contributed by atoms with Gasteiger partial charge in [-0.05, 0) is 49.6 Å². The molecular weight excluding hydrogens is 302 g/mol. The standard InChI is InChI=1S/C20H25NO3/c1-15-12-16(2)20(17(3)13-15)24-11-10-23-19-6-4-18(5-7-19)14-21-8-9-22/h4-7,9,12-13,21H,8,10-11,14H2,1-3H3. The maximum Gasteiger partial charge on any atom is 0.133 e. The Morgan fingerprint density at radius 1 is 0.958 bits per heavy atom. The third-order valence-corrected chi connectivity index (χ3v) is 3.68. The number of nitrogens with one attached hydrogen (secondary N) is 1. The van der Waals surface area contributed by atoms with Crippen LogP contribution >= 0.6 is 0 Å². The number of hydrogen-bond donors (Lipinski definition) is 1. The third-order valence-electron chi connectivity index (χ3n) is 3.68. The normalized spacial score (nSPS) is 10.5. The van der Waals surface area contributed by atoms with Crippen molar-refractivity contribution in [3.63, 3.8) is 0 Å². The Balaban J connectivity index is 1.77. The lowest BCUT2D eigenvalue weighted by Gasteiger charge is -2.13. The summed E-state index contributed by atoms with van der Waals surface area (Å²) in [6.45, 7) is 8.26. The first-order chi connectivity index (χ1) is 11.6. The zero-order chi connectivity index (χ0) is 17.4. The molecule has 2 aromatic carbocycles. The minimum absolute atomic E-state index is 0.368. The van der Waals surface area contributed by atoms with Crippen LogP contribution in [-0.4, -0.2) is 26.0 Å². The molecule has 0 fully saturated rings. The van der Waals surface area contributed by atoms with Crippen molar-refractivity contribution in [2.45, 2.75) is 27.3 Å². The molecule has 1 N–H and O–H groups in total. The van der Waals surface area contributed by atoms with Gasteiger partial charge in [0.05, 0.1) is 6.54 Å². The lowest BCUT2D eigenvalue weighted by molar-refractivity contribution is -0.107. The summed E-state index contributed by atoms with van der Waals surface area (Å²) in [6, 6.07) is 12.1. The van der Waals surface area contributed by atoms with E-state index in [0.29, 0.717) is 26.3 Å². The Labute approximate surface area is 143 Å². The Kier molecular flexibility index (Phi) is 6.82. The van der Waals surface area contributed by atoms with Gasteiger partial charge in [0, 0.05) is 6.54 Å². The average molecular weight is 327 g/mol. The van der Waals surface area contributed by atoms with Crippen molar-refractivity contribution in [2.24, 2.45) is 0 Å². The van der Waals surface area contributed by atoms with E-state index in [2.05, 4.69) is 38.2 Å². The Hall–Kier alpha value is -2.33. The summed E-state index contributed by atoms with van der Waals surface area (Å²) in [6.07, 6.45) is 0.856. The summed E-state index contributed by atoms with van der Waals surface area (Å²) in [7, 11) is 0. The quantitative estimate of drug-likeness (QED) is 0.567. The van der Waals surface area contributed by atoms with Crippen LogP contribution < -0.4 is 14.8 Å². The van der Waals surface area contributed by atoms with E-state index in [1.807, 2.05) is 24.3 Å². The van der Waals surface area contributed by atoms with Crippen molar-refractivity contribution in [1.29, 1.82) is 0 Å². The van der Waals surface area contributed by atoms with Gasteiger partial charge < -0.3 is 19.6 Å². The maximum absolute atomic E-state index is 10.3. The molecule has 0 saturated carbocycles. The van der Waals surface area contributed by atoms with Gasteiger partial charge in [-0.25, -0.2) is 0 Å². The van der Waals surface area contributed by atoms with Crippen molar-refractivity contribution >= 4 is 6.29 Å². The molecule has 0 aliphatic rings. The molecule has 2 rings (SSSR count). The highest BCUT2D eigenvalue weighted by Gasteiger charge is 2.05. The van der Waals surface area contributed by atoms with Crippen LogP contribution in [0.2, 0.25) is 0 Å². The fourth-order valence-electron chi connectivity index (χ4n) is 2.68. The van der Waals surface area contributed by atoms with Crippen molar-refractivity contribution in [3.8, 4) is 11.5 Å². The minimum atomic E-state index is 0.368. The van der Waals surface area contributed by atoms with Crippen LogP contribution in [-0.2, 0) is 11.3 Å². The first-order valence-electron chi connectivity index (χ1n) is 8.17. The number of carbonyl (C=O) groups excluding carboxylic acids is 1. The summed E-state index contributed by atoms with van der Waals surface area (Å²) in [5, 5.41) is 3.03. The van der Waals surface area contributed by atoms with Crippen LogP contribution in [0.4, 0.5) is 0 Å². The third kappa shape index (κ3) is 5.39. The first kappa shape index (κ1) is 18.0. The van der Waals surface area contributed by atoms with Gasteiger partial charge in [0.2, 0.25) is 0 Å². The van der Waals surface area contributed by atoms with Crippen LogP contribution in [0.25, 0.3) is 0 Å². The van der Waals surface area contributed by atoms with Gasteiger partial charge in [0.25, 0.3) is 0 Å². The molecule has 0 bridgehead atoms. The zero-order valence-corrected chi connectivity index (χ0v) is 14.6. The van der Waals surface area contributed by atoms with Gasteiger partial charge in [-0.1, -0.05) is 29.8 Å². The van der Waals surface area contributed by atoms with Gasteiger partial charge in [-0.2, -0.15) is 0 Å². The van der Waals surface area contributed by atoms with Crippen LogP contribution in [0.15, 0.2) is 36.4 Å². The Bertz CT molecular complexity index is 642. The molecule has 4 nitrogen and oxygen atoms in total. The second kappa shape index (κ2) is 9.08. The van der Waals surface area contributed by atoms with E-state index in [0.717, 1.165) is 34.5 Å². The molecule has 0 radical (unpaired) electrons. The summed E-state index contributed by atoms with van der Waals surface area (Å²) < 4.78 is 11.6. The maximum atomic E-state index is 10.3. The van der Waals surface area contributed by atoms with E-state index in [1.54, 1.807) is 0 Å². The molecule has 0 aliphatic carbocycles. The number of rotatable bonds is 9. The highest BCUT2D eigenvalue weighted by Crippen LogP contribution is 2.24. The van der Waals surface area contributed by atoms with E-state index >= 15 is 0 Å². The lowest BCUT2D eigenvalue weighted by Crippen LogP contribution is -2.15. The van der Waals surface area contributed by atoms with E-state index in [-0.39, 0.29) is 0 Å². The largest absolute Gasteiger partial charge is 0.490 e. The molecule has 0 amide bonds. The Morgan fingerprint density at radius 3 is 2.21 bits per heavy atom. The van der Waals surface area contributed by atoms with Crippen molar-refractivity contribution in [3.05, 3.63) is 58.7 Å².